The number of ketones is 1. The Morgan fingerprint density at radius 2 is 1.73 bits per heavy atom. The Kier molecular flexibility index (Phi) is 4.93. The summed E-state index contributed by atoms with van der Waals surface area (Å²) in [6.07, 6.45) is 1.60. The molecule has 0 bridgehead atoms. The van der Waals surface area contributed by atoms with E-state index in [1.807, 2.05) is 30.3 Å². The third kappa shape index (κ3) is 3.26. The van der Waals surface area contributed by atoms with E-state index in [0.29, 0.717) is 22.6 Å². The zero-order valence-corrected chi connectivity index (χ0v) is 14.5. The molecule has 2 aromatic carbocycles. The Bertz CT molecular complexity index is 873. The topological polar surface area (TPSA) is 84.9 Å². The number of fused-ring (bicyclic) bond motifs is 1. The Morgan fingerprint density at radius 3 is 2.35 bits per heavy atom. The largest absolute Gasteiger partial charge is 0.493 e. The van der Waals surface area contributed by atoms with Gasteiger partial charge in [0.05, 0.1) is 19.8 Å². The van der Waals surface area contributed by atoms with Crippen molar-refractivity contribution in [1.29, 1.82) is 0 Å². The number of benzene rings is 2. The molecule has 0 radical (unpaired) electrons. The van der Waals surface area contributed by atoms with Gasteiger partial charge in [-0.3, -0.25) is 4.79 Å². The van der Waals surface area contributed by atoms with Crippen molar-refractivity contribution in [2.24, 2.45) is 0 Å². The van der Waals surface area contributed by atoms with Gasteiger partial charge in [0.15, 0.2) is 17.3 Å². The molecule has 1 aliphatic rings. The number of carboxylic acid groups (broad SMARTS) is 1. The summed E-state index contributed by atoms with van der Waals surface area (Å²) < 4.78 is 10.6. The van der Waals surface area contributed by atoms with Crippen LogP contribution in [-0.4, -0.2) is 31.1 Å². The second-order valence-electron chi connectivity index (χ2n) is 5.89. The molecule has 26 heavy (non-hydrogen) atoms. The van der Waals surface area contributed by atoms with E-state index in [1.165, 1.54) is 20.4 Å². The van der Waals surface area contributed by atoms with Crippen LogP contribution in [0.15, 0.2) is 48.7 Å². The minimum atomic E-state index is -1.08. The Labute approximate surface area is 151 Å². The van der Waals surface area contributed by atoms with Crippen LogP contribution in [0.1, 0.15) is 22.7 Å². The first-order valence-corrected chi connectivity index (χ1v) is 8.07. The molecule has 0 amide bonds. The lowest BCUT2D eigenvalue weighted by Gasteiger charge is -2.26. The highest BCUT2D eigenvalue weighted by atomic mass is 16.5. The third-order valence-corrected chi connectivity index (χ3v) is 4.32. The number of carboxylic acids is 1. The molecule has 0 fully saturated rings. The van der Waals surface area contributed by atoms with Gasteiger partial charge in [-0.15, -0.1) is 0 Å². The zero-order valence-electron chi connectivity index (χ0n) is 14.5. The lowest BCUT2D eigenvalue weighted by molar-refractivity contribution is -0.130. The fourth-order valence-corrected chi connectivity index (χ4v) is 3.04. The smallest absolute Gasteiger partial charge is 0.337 e. The molecule has 1 aliphatic heterocycles. The second-order valence-corrected chi connectivity index (χ2v) is 5.89. The van der Waals surface area contributed by atoms with Crippen LogP contribution in [0.3, 0.4) is 0 Å². The summed E-state index contributed by atoms with van der Waals surface area (Å²) in [5, 5.41) is 12.4. The molecule has 2 N–H and O–H groups in total. The van der Waals surface area contributed by atoms with E-state index in [2.05, 4.69) is 5.32 Å². The highest BCUT2D eigenvalue weighted by Crippen LogP contribution is 2.39. The highest BCUT2D eigenvalue weighted by molar-refractivity contribution is 6.17. The number of hydrogen-bond acceptors (Lipinski definition) is 5. The number of carbonyl (C=O) groups is 2. The summed E-state index contributed by atoms with van der Waals surface area (Å²) in [6.45, 7) is 0. The third-order valence-electron chi connectivity index (χ3n) is 4.32. The Balaban J connectivity index is 2.03. The van der Waals surface area contributed by atoms with E-state index < -0.39 is 12.0 Å². The molecule has 0 aliphatic carbocycles. The first-order chi connectivity index (χ1) is 12.5. The van der Waals surface area contributed by atoms with E-state index in [1.54, 1.807) is 12.1 Å². The molecular weight excluding hydrogens is 334 g/mol. The standard InChI is InChI=1S/C20H19NO5/c1-25-17-9-13-14(10-18(17)26-2)19(21-11-15(13)20(23)24)16(22)8-12-6-4-3-5-7-12/h3-7,9-11,19,21H,8H2,1-2H3,(H,23,24). The highest BCUT2D eigenvalue weighted by Gasteiger charge is 2.31. The molecule has 134 valence electrons. The number of Topliss-reactive ketones (excluding diaryl/α,β-unsaturated/α-hetero) is 1. The number of ether oxygens (including phenoxy) is 2. The van der Waals surface area contributed by atoms with Gasteiger partial charge in [-0.05, 0) is 23.3 Å². The molecule has 0 spiro atoms. The SMILES string of the molecule is COc1cc2c(cc1OC)C(C(=O)Cc1ccccc1)NC=C2C(=O)O. The number of rotatable bonds is 6. The van der Waals surface area contributed by atoms with E-state index >= 15 is 0 Å². The van der Waals surface area contributed by atoms with E-state index in [0.717, 1.165) is 5.56 Å². The normalized spacial score (nSPS) is 15.3. The van der Waals surface area contributed by atoms with Gasteiger partial charge in [-0.1, -0.05) is 30.3 Å². The van der Waals surface area contributed by atoms with Crippen LogP contribution in [0.25, 0.3) is 5.57 Å². The van der Waals surface area contributed by atoms with Crippen LogP contribution >= 0.6 is 0 Å². The van der Waals surface area contributed by atoms with Crippen LogP contribution in [0, 0.1) is 0 Å². The van der Waals surface area contributed by atoms with Crippen molar-refractivity contribution in [3.63, 3.8) is 0 Å². The van der Waals surface area contributed by atoms with Crippen molar-refractivity contribution < 1.29 is 24.2 Å². The summed E-state index contributed by atoms with van der Waals surface area (Å²) in [6, 6.07) is 12.0. The maximum atomic E-state index is 12.8. The van der Waals surface area contributed by atoms with Crippen molar-refractivity contribution in [3.05, 3.63) is 65.4 Å². The lowest BCUT2D eigenvalue weighted by atomic mass is 9.88. The quantitative estimate of drug-likeness (QED) is 0.830. The fraction of sp³-hybridized carbons (Fsp3) is 0.200. The van der Waals surface area contributed by atoms with Crippen molar-refractivity contribution >= 4 is 17.3 Å². The molecule has 0 saturated heterocycles. The maximum Gasteiger partial charge on any atom is 0.337 e. The number of nitrogens with one attached hydrogen (secondary N) is 1. The zero-order chi connectivity index (χ0) is 18.7. The van der Waals surface area contributed by atoms with Crippen molar-refractivity contribution in [2.45, 2.75) is 12.5 Å². The molecule has 2 aromatic rings. The average Bonchev–Trinajstić information content (AvgIpc) is 2.66. The van der Waals surface area contributed by atoms with Crippen molar-refractivity contribution in [3.8, 4) is 11.5 Å². The molecule has 1 unspecified atom stereocenters. The molecule has 3 rings (SSSR count). The Morgan fingerprint density at radius 1 is 1.08 bits per heavy atom. The summed E-state index contributed by atoms with van der Waals surface area (Å²) in [7, 11) is 2.97. The average molecular weight is 353 g/mol. The van der Waals surface area contributed by atoms with Gasteiger partial charge in [-0.25, -0.2) is 4.79 Å². The number of aliphatic carboxylic acids is 1. The van der Waals surface area contributed by atoms with Crippen LogP contribution in [0.5, 0.6) is 11.5 Å². The van der Waals surface area contributed by atoms with E-state index in [4.69, 9.17) is 9.47 Å². The molecule has 6 nitrogen and oxygen atoms in total. The van der Waals surface area contributed by atoms with Gasteiger partial charge in [0.1, 0.15) is 6.04 Å². The summed E-state index contributed by atoms with van der Waals surface area (Å²) >= 11 is 0. The van der Waals surface area contributed by atoms with E-state index in [-0.39, 0.29) is 17.8 Å². The van der Waals surface area contributed by atoms with Gasteiger partial charge in [0.2, 0.25) is 0 Å². The molecule has 0 aromatic heterocycles. The number of hydrogen-bond donors (Lipinski definition) is 2. The molecule has 0 saturated carbocycles. The monoisotopic (exact) mass is 353 g/mol. The summed E-state index contributed by atoms with van der Waals surface area (Å²) in [5.41, 5.74) is 1.97. The van der Waals surface area contributed by atoms with Crippen molar-refractivity contribution in [2.75, 3.05) is 14.2 Å². The van der Waals surface area contributed by atoms with Crippen LogP contribution in [0.2, 0.25) is 0 Å². The predicted molar refractivity (Wildman–Crippen MR) is 96.2 cm³/mol. The van der Waals surface area contributed by atoms with Crippen molar-refractivity contribution in [1.82, 2.24) is 5.32 Å². The van der Waals surface area contributed by atoms with Crippen LogP contribution in [0.4, 0.5) is 0 Å². The van der Waals surface area contributed by atoms with Crippen LogP contribution < -0.4 is 14.8 Å². The number of carbonyl (C=O) groups excluding carboxylic acids is 1. The minimum Gasteiger partial charge on any atom is -0.493 e. The molecule has 6 heteroatoms. The van der Waals surface area contributed by atoms with Crippen LogP contribution in [-0.2, 0) is 16.0 Å². The number of methoxy groups -OCH3 is 2. The predicted octanol–water partition coefficient (Wildman–Crippen LogP) is 2.59. The summed E-state index contributed by atoms with van der Waals surface area (Å²) in [5.74, 6) is -0.294. The first-order valence-electron chi connectivity index (χ1n) is 8.07. The van der Waals surface area contributed by atoms with Gasteiger partial charge >= 0.3 is 5.97 Å². The second kappa shape index (κ2) is 7.31. The van der Waals surface area contributed by atoms with Gasteiger partial charge < -0.3 is 19.9 Å². The van der Waals surface area contributed by atoms with E-state index in [9.17, 15) is 14.7 Å². The summed E-state index contributed by atoms with van der Waals surface area (Å²) in [4.78, 5) is 24.4. The molecule has 1 atom stereocenters. The molecular formula is C20H19NO5. The van der Waals surface area contributed by atoms with Gasteiger partial charge in [0.25, 0.3) is 0 Å². The fourth-order valence-electron chi connectivity index (χ4n) is 3.04. The first kappa shape index (κ1) is 17.5. The minimum absolute atomic E-state index is 0.0645. The lowest BCUT2D eigenvalue weighted by Crippen LogP contribution is -2.31. The van der Waals surface area contributed by atoms with Gasteiger partial charge in [-0.2, -0.15) is 0 Å². The maximum absolute atomic E-state index is 12.8. The molecule has 1 heterocycles. The Hall–Kier alpha value is -3.28. The van der Waals surface area contributed by atoms with Gasteiger partial charge in [0, 0.05) is 18.2 Å².